The van der Waals surface area contributed by atoms with Crippen molar-refractivity contribution in [3.05, 3.63) is 72.1 Å². The monoisotopic (exact) mass is 307 g/mol. The number of benzene rings is 1. The van der Waals surface area contributed by atoms with Crippen LogP contribution in [0, 0.1) is 6.92 Å². The lowest BCUT2D eigenvalue weighted by molar-refractivity contribution is 0.0869. The van der Waals surface area contributed by atoms with Gasteiger partial charge in [0.2, 0.25) is 0 Å². The van der Waals surface area contributed by atoms with Crippen LogP contribution >= 0.6 is 0 Å². The van der Waals surface area contributed by atoms with Gasteiger partial charge >= 0.3 is 0 Å². The largest absolute Gasteiger partial charge is 0.329 e. The van der Waals surface area contributed by atoms with Crippen LogP contribution < -0.4 is 0 Å². The molecule has 0 spiro atoms. The molecule has 5 nitrogen and oxygen atoms in total. The first kappa shape index (κ1) is 14.2. The second kappa shape index (κ2) is 6.01. The Hall–Kier alpha value is -2.40. The van der Waals surface area contributed by atoms with Crippen LogP contribution in [0.25, 0.3) is 0 Å². The fraction of sp³-hybridized carbons (Fsp3) is 0.333. The summed E-state index contributed by atoms with van der Waals surface area (Å²) in [5.41, 5.74) is 2.53. The summed E-state index contributed by atoms with van der Waals surface area (Å²) in [5.74, 6) is 1.13. The minimum atomic E-state index is 0.501. The van der Waals surface area contributed by atoms with Crippen molar-refractivity contribution in [2.75, 3.05) is 13.1 Å². The van der Waals surface area contributed by atoms with Gasteiger partial charge in [-0.05, 0) is 18.1 Å². The summed E-state index contributed by atoms with van der Waals surface area (Å²) in [5, 5.41) is 4.41. The minimum Gasteiger partial charge on any atom is -0.329 e. The van der Waals surface area contributed by atoms with Gasteiger partial charge in [0.05, 0.1) is 18.8 Å². The van der Waals surface area contributed by atoms with E-state index in [1.54, 1.807) is 0 Å². The maximum Gasteiger partial charge on any atom is 0.123 e. The van der Waals surface area contributed by atoms with Crippen molar-refractivity contribution in [1.29, 1.82) is 0 Å². The van der Waals surface area contributed by atoms with Gasteiger partial charge in [0, 0.05) is 38.2 Å². The van der Waals surface area contributed by atoms with Crippen LogP contribution in [0.3, 0.4) is 0 Å². The molecular weight excluding hydrogens is 286 g/mol. The molecule has 0 atom stereocenters. The zero-order chi connectivity index (χ0) is 15.6. The second-order valence-corrected chi connectivity index (χ2v) is 6.30. The van der Waals surface area contributed by atoms with Gasteiger partial charge < -0.3 is 4.57 Å². The predicted molar refractivity (Wildman–Crippen MR) is 89.0 cm³/mol. The van der Waals surface area contributed by atoms with E-state index in [9.17, 15) is 0 Å². The van der Waals surface area contributed by atoms with Crippen molar-refractivity contribution in [1.82, 2.24) is 24.2 Å². The smallest absolute Gasteiger partial charge is 0.123 e. The summed E-state index contributed by atoms with van der Waals surface area (Å²) in [6.07, 6.45) is 8.01. The number of hydrogen-bond acceptors (Lipinski definition) is 3. The molecule has 0 bridgehead atoms. The van der Waals surface area contributed by atoms with Crippen LogP contribution in [-0.4, -0.2) is 37.3 Å². The van der Waals surface area contributed by atoms with E-state index in [0.29, 0.717) is 6.04 Å². The molecule has 1 fully saturated rings. The predicted octanol–water partition coefficient (Wildman–Crippen LogP) is 2.49. The summed E-state index contributed by atoms with van der Waals surface area (Å²) in [4.78, 5) is 6.96. The number of aromatic nitrogens is 4. The molecule has 2 aromatic heterocycles. The van der Waals surface area contributed by atoms with E-state index >= 15 is 0 Å². The molecule has 3 aromatic rings. The number of nitrogens with zero attached hydrogens (tertiary/aromatic N) is 5. The summed E-state index contributed by atoms with van der Waals surface area (Å²) in [6.45, 7) is 5.95. The molecule has 1 aliphatic rings. The quantitative estimate of drug-likeness (QED) is 0.727. The van der Waals surface area contributed by atoms with Crippen molar-refractivity contribution in [3.63, 3.8) is 0 Å². The second-order valence-electron chi connectivity index (χ2n) is 6.30. The lowest BCUT2D eigenvalue weighted by atomic mass is 10.1. The fourth-order valence-electron chi connectivity index (χ4n) is 3.09. The Labute approximate surface area is 136 Å². The van der Waals surface area contributed by atoms with E-state index in [-0.39, 0.29) is 0 Å². The molecule has 0 N–H and O–H groups in total. The normalized spacial score (nSPS) is 15.7. The van der Waals surface area contributed by atoms with Crippen LogP contribution in [0.5, 0.6) is 0 Å². The first-order valence-electron chi connectivity index (χ1n) is 8.05. The lowest BCUT2D eigenvalue weighted by Gasteiger charge is -2.38. The minimum absolute atomic E-state index is 0.501. The molecule has 0 aliphatic carbocycles. The van der Waals surface area contributed by atoms with E-state index < -0.39 is 0 Å². The summed E-state index contributed by atoms with van der Waals surface area (Å²) in [7, 11) is 0. The van der Waals surface area contributed by atoms with E-state index in [0.717, 1.165) is 32.0 Å². The molecule has 1 aliphatic heterocycles. The van der Waals surface area contributed by atoms with Gasteiger partial charge in [-0.25, -0.2) is 4.98 Å². The third-order valence-electron chi connectivity index (χ3n) is 4.41. The topological polar surface area (TPSA) is 38.9 Å². The fourth-order valence-corrected chi connectivity index (χ4v) is 3.09. The Bertz CT molecular complexity index is 768. The van der Waals surface area contributed by atoms with E-state index in [2.05, 4.69) is 73.9 Å². The van der Waals surface area contributed by atoms with Crippen LogP contribution in [0.1, 0.15) is 23.0 Å². The van der Waals surface area contributed by atoms with Crippen LogP contribution in [0.15, 0.2) is 55.1 Å². The first-order chi connectivity index (χ1) is 11.3. The molecule has 3 heterocycles. The average molecular weight is 307 g/mol. The standard InChI is InChI=1S/C18H21N5/c1-15-9-20-23(10-15)17-12-21(13-17)14-18-19-7-8-22(18)11-16-5-3-2-4-6-16/h2-10,17H,11-14H2,1H3. The SMILES string of the molecule is Cc1cnn(C2CN(Cc3nccn3Cc3ccccc3)C2)c1. The van der Waals surface area contributed by atoms with Gasteiger partial charge in [-0.2, -0.15) is 5.10 Å². The van der Waals surface area contributed by atoms with Gasteiger partial charge in [-0.1, -0.05) is 30.3 Å². The lowest BCUT2D eigenvalue weighted by Crippen LogP contribution is -2.47. The van der Waals surface area contributed by atoms with Crippen LogP contribution in [0.2, 0.25) is 0 Å². The zero-order valence-electron chi connectivity index (χ0n) is 13.3. The summed E-state index contributed by atoms with van der Waals surface area (Å²) in [6, 6.07) is 11.0. The van der Waals surface area contributed by atoms with E-state index in [1.165, 1.54) is 11.1 Å². The number of hydrogen-bond donors (Lipinski definition) is 0. The Morgan fingerprint density at radius 3 is 2.70 bits per heavy atom. The van der Waals surface area contributed by atoms with E-state index in [4.69, 9.17) is 0 Å². The van der Waals surface area contributed by atoms with Gasteiger partial charge in [0.25, 0.3) is 0 Å². The highest BCUT2D eigenvalue weighted by Gasteiger charge is 2.29. The third kappa shape index (κ3) is 3.05. The molecule has 4 rings (SSSR count). The number of likely N-dealkylation sites (tertiary alicyclic amines) is 1. The van der Waals surface area contributed by atoms with Crippen molar-refractivity contribution in [3.8, 4) is 0 Å². The summed E-state index contributed by atoms with van der Waals surface area (Å²) < 4.78 is 4.32. The average Bonchev–Trinajstić information content (AvgIpc) is 3.13. The third-order valence-corrected chi connectivity index (χ3v) is 4.41. The number of aryl methyl sites for hydroxylation is 1. The Kier molecular flexibility index (Phi) is 3.71. The maximum atomic E-state index is 4.53. The molecule has 1 saturated heterocycles. The Balaban J connectivity index is 1.37. The van der Waals surface area contributed by atoms with Crippen molar-refractivity contribution in [2.45, 2.75) is 26.1 Å². The Morgan fingerprint density at radius 2 is 1.96 bits per heavy atom. The van der Waals surface area contributed by atoms with Gasteiger partial charge in [-0.15, -0.1) is 0 Å². The molecular formula is C18H21N5. The van der Waals surface area contributed by atoms with Crippen LogP contribution in [-0.2, 0) is 13.1 Å². The van der Waals surface area contributed by atoms with Crippen molar-refractivity contribution < 1.29 is 0 Å². The van der Waals surface area contributed by atoms with Gasteiger partial charge in [-0.3, -0.25) is 9.58 Å². The molecule has 0 amide bonds. The molecule has 0 unspecified atom stereocenters. The first-order valence-corrected chi connectivity index (χ1v) is 8.05. The molecule has 118 valence electrons. The Morgan fingerprint density at radius 1 is 1.13 bits per heavy atom. The van der Waals surface area contributed by atoms with Gasteiger partial charge in [0.1, 0.15) is 5.82 Å². The molecule has 0 saturated carbocycles. The number of imidazole rings is 1. The summed E-state index contributed by atoms with van der Waals surface area (Å²) >= 11 is 0. The highest BCUT2D eigenvalue weighted by molar-refractivity contribution is 5.16. The molecule has 1 aromatic carbocycles. The number of rotatable bonds is 5. The molecule has 5 heteroatoms. The maximum absolute atomic E-state index is 4.53. The van der Waals surface area contributed by atoms with Crippen LogP contribution in [0.4, 0.5) is 0 Å². The molecule has 0 radical (unpaired) electrons. The highest BCUT2D eigenvalue weighted by atomic mass is 15.4. The van der Waals surface area contributed by atoms with Gasteiger partial charge in [0.15, 0.2) is 0 Å². The zero-order valence-corrected chi connectivity index (χ0v) is 13.3. The van der Waals surface area contributed by atoms with Crippen molar-refractivity contribution in [2.24, 2.45) is 0 Å². The molecule has 23 heavy (non-hydrogen) atoms. The highest BCUT2D eigenvalue weighted by Crippen LogP contribution is 2.22. The van der Waals surface area contributed by atoms with Crippen molar-refractivity contribution >= 4 is 0 Å². The van der Waals surface area contributed by atoms with E-state index in [1.807, 2.05) is 12.4 Å².